The summed E-state index contributed by atoms with van der Waals surface area (Å²) in [7, 11) is 0. The number of rotatable bonds is 7. The number of carbonyl (C=O) groups is 1. The van der Waals surface area contributed by atoms with Gasteiger partial charge in [-0.15, -0.1) is 12.8 Å². The molecule has 0 unspecified atom stereocenters. The first-order chi connectivity index (χ1) is 13.3. The van der Waals surface area contributed by atoms with Crippen molar-refractivity contribution in [3.63, 3.8) is 0 Å². The zero-order valence-corrected chi connectivity index (χ0v) is 16.8. The summed E-state index contributed by atoms with van der Waals surface area (Å²) in [6.45, 7) is 8.07. The van der Waals surface area contributed by atoms with E-state index in [1.54, 1.807) is 0 Å². The molecule has 144 valence electrons. The zero-order chi connectivity index (χ0) is 20.7. The number of ether oxygens (including phenoxy) is 2. The summed E-state index contributed by atoms with van der Waals surface area (Å²) in [6, 6.07) is 11.8. The SMILES string of the molecule is C#CCOc1ccc(C(C)(C)c2ccc(OCC#C)c(NC(C)=O)c2)cc1C. The maximum Gasteiger partial charge on any atom is 0.221 e. The molecule has 0 bridgehead atoms. The fraction of sp³-hybridized carbons (Fsp3) is 0.292. The summed E-state index contributed by atoms with van der Waals surface area (Å²) < 4.78 is 11.1. The second kappa shape index (κ2) is 9.02. The Morgan fingerprint density at radius 3 is 2.07 bits per heavy atom. The van der Waals surface area contributed by atoms with Gasteiger partial charge in [-0.1, -0.05) is 43.9 Å². The van der Waals surface area contributed by atoms with Crippen molar-refractivity contribution in [2.24, 2.45) is 0 Å². The lowest BCUT2D eigenvalue weighted by atomic mass is 9.77. The van der Waals surface area contributed by atoms with E-state index >= 15 is 0 Å². The van der Waals surface area contributed by atoms with Gasteiger partial charge in [-0.05, 0) is 41.8 Å². The van der Waals surface area contributed by atoms with E-state index in [9.17, 15) is 4.79 Å². The van der Waals surface area contributed by atoms with E-state index in [1.807, 2.05) is 37.3 Å². The Kier molecular flexibility index (Phi) is 6.74. The molecule has 0 saturated carbocycles. The lowest BCUT2D eigenvalue weighted by Gasteiger charge is -2.28. The molecule has 0 aliphatic heterocycles. The Hall–Kier alpha value is -3.37. The maximum atomic E-state index is 11.6. The highest BCUT2D eigenvalue weighted by molar-refractivity contribution is 5.90. The highest BCUT2D eigenvalue weighted by Crippen LogP contribution is 2.37. The topological polar surface area (TPSA) is 47.6 Å². The summed E-state index contributed by atoms with van der Waals surface area (Å²) in [5, 5.41) is 2.82. The number of aryl methyl sites for hydroxylation is 1. The largest absolute Gasteiger partial charge is 0.481 e. The Labute approximate surface area is 167 Å². The highest BCUT2D eigenvalue weighted by Gasteiger charge is 2.25. The predicted octanol–water partition coefficient (Wildman–Crippen LogP) is 4.30. The number of hydrogen-bond donors (Lipinski definition) is 1. The third-order valence-electron chi connectivity index (χ3n) is 4.53. The van der Waals surface area contributed by atoms with Crippen molar-refractivity contribution < 1.29 is 14.3 Å². The monoisotopic (exact) mass is 375 g/mol. The standard InChI is InChI=1S/C24H25NO3/c1-7-13-27-22-11-9-19(15-17(22)3)24(5,6)20-10-12-23(28-14-8-2)21(16-20)25-18(4)26/h1-2,9-12,15-16H,13-14H2,3-6H3,(H,25,26). The van der Waals surface area contributed by atoms with Crippen LogP contribution in [0.3, 0.4) is 0 Å². The van der Waals surface area contributed by atoms with E-state index in [4.69, 9.17) is 22.3 Å². The van der Waals surface area contributed by atoms with E-state index in [0.717, 1.165) is 22.4 Å². The van der Waals surface area contributed by atoms with Crippen molar-refractivity contribution in [3.05, 3.63) is 53.1 Å². The summed E-state index contributed by atoms with van der Waals surface area (Å²) >= 11 is 0. The first-order valence-electron chi connectivity index (χ1n) is 8.95. The van der Waals surface area contributed by atoms with Crippen LogP contribution in [-0.4, -0.2) is 19.1 Å². The van der Waals surface area contributed by atoms with Crippen LogP contribution in [0.15, 0.2) is 36.4 Å². The van der Waals surface area contributed by atoms with Crippen LogP contribution < -0.4 is 14.8 Å². The zero-order valence-electron chi connectivity index (χ0n) is 16.8. The molecule has 0 aliphatic carbocycles. The van der Waals surface area contributed by atoms with Gasteiger partial charge in [0.05, 0.1) is 5.69 Å². The van der Waals surface area contributed by atoms with Gasteiger partial charge in [-0.2, -0.15) is 0 Å². The second-order valence-corrected chi connectivity index (χ2v) is 6.98. The molecule has 28 heavy (non-hydrogen) atoms. The smallest absolute Gasteiger partial charge is 0.221 e. The summed E-state index contributed by atoms with van der Waals surface area (Å²) in [4.78, 5) is 11.6. The van der Waals surface area contributed by atoms with Gasteiger partial charge in [-0.3, -0.25) is 4.79 Å². The molecule has 4 heteroatoms. The van der Waals surface area contributed by atoms with E-state index in [0.29, 0.717) is 11.4 Å². The number of carbonyl (C=O) groups excluding carboxylic acids is 1. The van der Waals surface area contributed by atoms with Crippen LogP contribution in [0.1, 0.15) is 37.5 Å². The van der Waals surface area contributed by atoms with Gasteiger partial charge in [0.25, 0.3) is 0 Å². The molecule has 2 rings (SSSR count). The van der Waals surface area contributed by atoms with Gasteiger partial charge in [0.1, 0.15) is 24.7 Å². The Balaban J connectivity index is 2.41. The van der Waals surface area contributed by atoms with E-state index in [-0.39, 0.29) is 24.5 Å². The molecule has 0 fully saturated rings. The summed E-state index contributed by atoms with van der Waals surface area (Å²) in [5.41, 5.74) is 3.44. The van der Waals surface area contributed by atoms with Crippen LogP contribution in [0.2, 0.25) is 0 Å². The number of terminal acetylenes is 2. The van der Waals surface area contributed by atoms with Gasteiger partial charge in [0, 0.05) is 12.3 Å². The van der Waals surface area contributed by atoms with Crippen LogP contribution in [0.4, 0.5) is 5.69 Å². The minimum Gasteiger partial charge on any atom is -0.481 e. The van der Waals surface area contributed by atoms with Crippen LogP contribution in [0.25, 0.3) is 0 Å². The van der Waals surface area contributed by atoms with Crippen LogP contribution >= 0.6 is 0 Å². The minimum absolute atomic E-state index is 0.133. The third-order valence-corrected chi connectivity index (χ3v) is 4.53. The molecular formula is C24H25NO3. The van der Waals surface area contributed by atoms with Crippen molar-refractivity contribution in [2.45, 2.75) is 33.1 Å². The highest BCUT2D eigenvalue weighted by atomic mass is 16.5. The van der Waals surface area contributed by atoms with Crippen molar-refractivity contribution in [1.82, 2.24) is 0 Å². The van der Waals surface area contributed by atoms with Gasteiger partial charge < -0.3 is 14.8 Å². The van der Waals surface area contributed by atoms with Crippen LogP contribution in [0, 0.1) is 31.6 Å². The fourth-order valence-corrected chi connectivity index (χ4v) is 2.94. The van der Waals surface area contributed by atoms with E-state index in [1.165, 1.54) is 6.92 Å². The molecule has 0 aromatic heterocycles. The average Bonchev–Trinajstić information content (AvgIpc) is 2.65. The normalized spacial score (nSPS) is 10.5. The minimum atomic E-state index is -0.312. The third kappa shape index (κ3) is 4.87. The Morgan fingerprint density at radius 2 is 1.54 bits per heavy atom. The summed E-state index contributed by atoms with van der Waals surface area (Å²) in [5.74, 6) is 6.05. The van der Waals surface area contributed by atoms with Gasteiger partial charge >= 0.3 is 0 Å². The lowest BCUT2D eigenvalue weighted by molar-refractivity contribution is -0.114. The number of benzene rings is 2. The Morgan fingerprint density at radius 1 is 1.00 bits per heavy atom. The molecule has 0 saturated heterocycles. The Bertz CT molecular complexity index is 945. The molecule has 4 nitrogen and oxygen atoms in total. The van der Waals surface area contributed by atoms with Crippen LogP contribution in [-0.2, 0) is 10.2 Å². The average molecular weight is 375 g/mol. The van der Waals surface area contributed by atoms with Crippen molar-refractivity contribution in [3.8, 4) is 36.2 Å². The van der Waals surface area contributed by atoms with E-state index < -0.39 is 0 Å². The van der Waals surface area contributed by atoms with Crippen LogP contribution in [0.5, 0.6) is 11.5 Å². The quantitative estimate of drug-likeness (QED) is 0.734. The van der Waals surface area contributed by atoms with Gasteiger partial charge in [0.15, 0.2) is 0 Å². The van der Waals surface area contributed by atoms with E-state index in [2.05, 4.69) is 37.1 Å². The molecule has 0 atom stereocenters. The maximum absolute atomic E-state index is 11.6. The van der Waals surface area contributed by atoms with Crippen molar-refractivity contribution in [1.29, 1.82) is 0 Å². The van der Waals surface area contributed by atoms with Crippen molar-refractivity contribution >= 4 is 11.6 Å². The molecule has 1 amide bonds. The summed E-state index contributed by atoms with van der Waals surface area (Å²) in [6.07, 6.45) is 10.5. The molecule has 0 radical (unpaired) electrons. The number of anilines is 1. The fourth-order valence-electron chi connectivity index (χ4n) is 2.94. The van der Waals surface area contributed by atoms with Gasteiger partial charge in [0.2, 0.25) is 5.91 Å². The number of amides is 1. The molecule has 2 aromatic rings. The second-order valence-electron chi connectivity index (χ2n) is 6.98. The number of nitrogens with one attached hydrogen (secondary N) is 1. The molecule has 0 spiro atoms. The van der Waals surface area contributed by atoms with Gasteiger partial charge in [-0.25, -0.2) is 0 Å². The first-order valence-corrected chi connectivity index (χ1v) is 8.95. The molecule has 1 N–H and O–H groups in total. The lowest BCUT2D eigenvalue weighted by Crippen LogP contribution is -2.20. The predicted molar refractivity (Wildman–Crippen MR) is 113 cm³/mol. The van der Waals surface area contributed by atoms with Crippen molar-refractivity contribution in [2.75, 3.05) is 18.5 Å². The molecule has 0 heterocycles. The molecule has 2 aromatic carbocycles. The number of hydrogen-bond acceptors (Lipinski definition) is 3. The molecular weight excluding hydrogens is 350 g/mol. The molecule has 0 aliphatic rings. The first kappa shape index (κ1) is 20.9.